The molecular weight excluding hydrogens is 306 g/mol. The van der Waals surface area contributed by atoms with Gasteiger partial charge in [0.1, 0.15) is 6.54 Å². The zero-order valence-corrected chi connectivity index (χ0v) is 13.9. The van der Waals surface area contributed by atoms with Crippen molar-refractivity contribution < 1.29 is 4.79 Å². The number of nitrogens with one attached hydrogen (secondary N) is 2. The number of aryl methyl sites for hydroxylation is 1. The smallest absolute Gasteiger partial charge is 0.267 e. The first kappa shape index (κ1) is 16.4. The average Bonchev–Trinajstić information content (AvgIpc) is 2.83. The van der Waals surface area contributed by atoms with Crippen LogP contribution in [0.3, 0.4) is 0 Å². The summed E-state index contributed by atoms with van der Waals surface area (Å²) in [6.07, 6.45) is 7.41. The molecule has 128 valence electrons. The standard InChI is InChI=1S/C17H23N5O2/c1-12-8-9-17(24)22(21-12)11-16(23)18-15-10-14(19-20-15)13-6-4-2-3-5-7-13/h8-10,13H,2-7,11H2,1H3,(H2,18,19,20,23). The van der Waals surface area contributed by atoms with Crippen molar-refractivity contribution in [2.75, 3.05) is 5.32 Å². The van der Waals surface area contributed by atoms with Gasteiger partial charge >= 0.3 is 0 Å². The number of nitrogens with zero attached hydrogens (tertiary/aromatic N) is 3. The van der Waals surface area contributed by atoms with E-state index in [2.05, 4.69) is 20.6 Å². The Morgan fingerprint density at radius 2 is 2.04 bits per heavy atom. The zero-order chi connectivity index (χ0) is 16.9. The number of amides is 1. The summed E-state index contributed by atoms with van der Waals surface area (Å²) >= 11 is 0. The molecule has 0 aliphatic heterocycles. The fourth-order valence-corrected chi connectivity index (χ4v) is 3.18. The molecule has 1 saturated carbocycles. The number of hydrogen-bond donors (Lipinski definition) is 2. The van der Waals surface area contributed by atoms with Crippen LogP contribution in [0.1, 0.15) is 55.8 Å². The minimum atomic E-state index is -0.311. The summed E-state index contributed by atoms with van der Waals surface area (Å²) in [6.45, 7) is 1.66. The van der Waals surface area contributed by atoms with Gasteiger partial charge in [-0.25, -0.2) is 4.68 Å². The highest BCUT2D eigenvalue weighted by Crippen LogP contribution is 2.31. The van der Waals surface area contributed by atoms with Gasteiger partial charge in [-0.05, 0) is 25.8 Å². The van der Waals surface area contributed by atoms with Crippen LogP contribution in [-0.2, 0) is 11.3 Å². The van der Waals surface area contributed by atoms with Crippen molar-refractivity contribution >= 4 is 11.7 Å². The summed E-state index contributed by atoms with van der Waals surface area (Å²) < 4.78 is 1.16. The Labute approximate surface area is 140 Å². The van der Waals surface area contributed by atoms with E-state index in [0.29, 0.717) is 17.4 Å². The second-order valence-electron chi connectivity index (χ2n) is 6.42. The molecule has 0 spiro atoms. The Balaban J connectivity index is 1.62. The van der Waals surface area contributed by atoms with E-state index in [1.165, 1.54) is 31.7 Å². The number of hydrogen-bond acceptors (Lipinski definition) is 4. The molecule has 2 aromatic rings. The number of aromatic amines is 1. The van der Waals surface area contributed by atoms with Crippen LogP contribution >= 0.6 is 0 Å². The topological polar surface area (TPSA) is 92.7 Å². The maximum absolute atomic E-state index is 12.1. The van der Waals surface area contributed by atoms with Gasteiger partial charge in [-0.2, -0.15) is 10.2 Å². The Hall–Kier alpha value is -2.44. The molecule has 2 aromatic heterocycles. The van der Waals surface area contributed by atoms with Gasteiger partial charge in [0.2, 0.25) is 5.91 Å². The first-order valence-corrected chi connectivity index (χ1v) is 8.52. The third-order valence-electron chi connectivity index (χ3n) is 4.45. The van der Waals surface area contributed by atoms with E-state index in [4.69, 9.17) is 0 Å². The lowest BCUT2D eigenvalue weighted by Crippen LogP contribution is -2.29. The lowest BCUT2D eigenvalue weighted by molar-refractivity contribution is -0.117. The molecule has 0 atom stereocenters. The van der Waals surface area contributed by atoms with Crippen LogP contribution in [0.25, 0.3) is 0 Å². The van der Waals surface area contributed by atoms with Crippen LogP contribution in [0.15, 0.2) is 23.0 Å². The summed E-state index contributed by atoms with van der Waals surface area (Å²) in [6, 6.07) is 4.94. The highest BCUT2D eigenvalue weighted by molar-refractivity contribution is 5.89. The molecule has 7 nitrogen and oxygen atoms in total. The largest absolute Gasteiger partial charge is 0.308 e. The first-order valence-electron chi connectivity index (χ1n) is 8.52. The van der Waals surface area contributed by atoms with Crippen molar-refractivity contribution in [3.05, 3.63) is 39.9 Å². The summed E-state index contributed by atoms with van der Waals surface area (Å²) in [5.41, 5.74) is 1.48. The van der Waals surface area contributed by atoms with Crippen LogP contribution in [0, 0.1) is 6.92 Å². The molecule has 0 unspecified atom stereocenters. The highest BCUT2D eigenvalue weighted by Gasteiger charge is 2.17. The van der Waals surface area contributed by atoms with Crippen molar-refractivity contribution in [1.29, 1.82) is 0 Å². The van der Waals surface area contributed by atoms with E-state index in [1.807, 2.05) is 6.07 Å². The third kappa shape index (κ3) is 4.10. The van der Waals surface area contributed by atoms with Gasteiger partial charge in [-0.15, -0.1) is 0 Å². The van der Waals surface area contributed by atoms with Gasteiger partial charge in [0.15, 0.2) is 5.82 Å². The normalized spacial score (nSPS) is 15.9. The fourth-order valence-electron chi connectivity index (χ4n) is 3.18. The summed E-state index contributed by atoms with van der Waals surface area (Å²) in [4.78, 5) is 23.8. The average molecular weight is 329 g/mol. The molecular formula is C17H23N5O2. The summed E-state index contributed by atoms with van der Waals surface area (Å²) in [5.74, 6) is 0.681. The number of anilines is 1. The fraction of sp³-hybridized carbons (Fsp3) is 0.529. The quantitative estimate of drug-likeness (QED) is 0.842. The van der Waals surface area contributed by atoms with E-state index in [-0.39, 0.29) is 18.0 Å². The van der Waals surface area contributed by atoms with Gasteiger partial charge in [0.05, 0.1) is 5.69 Å². The van der Waals surface area contributed by atoms with Crippen molar-refractivity contribution in [3.8, 4) is 0 Å². The van der Waals surface area contributed by atoms with E-state index in [9.17, 15) is 9.59 Å². The van der Waals surface area contributed by atoms with E-state index < -0.39 is 0 Å². The lowest BCUT2D eigenvalue weighted by atomic mass is 9.97. The van der Waals surface area contributed by atoms with Crippen molar-refractivity contribution in [3.63, 3.8) is 0 Å². The molecule has 0 radical (unpaired) electrons. The lowest BCUT2D eigenvalue weighted by Gasteiger charge is -2.10. The molecule has 1 aliphatic carbocycles. The molecule has 24 heavy (non-hydrogen) atoms. The van der Waals surface area contributed by atoms with E-state index >= 15 is 0 Å². The number of aromatic nitrogens is 4. The molecule has 0 saturated heterocycles. The number of carbonyl (C=O) groups is 1. The van der Waals surface area contributed by atoms with Crippen LogP contribution in [0.5, 0.6) is 0 Å². The van der Waals surface area contributed by atoms with Crippen LogP contribution in [0.2, 0.25) is 0 Å². The Bertz CT molecular complexity index is 756. The Morgan fingerprint density at radius 3 is 2.79 bits per heavy atom. The van der Waals surface area contributed by atoms with Crippen LogP contribution in [0.4, 0.5) is 5.82 Å². The summed E-state index contributed by atoms with van der Waals surface area (Å²) in [7, 11) is 0. The third-order valence-corrected chi connectivity index (χ3v) is 4.45. The molecule has 1 fully saturated rings. The number of carbonyl (C=O) groups excluding carboxylic acids is 1. The molecule has 1 amide bonds. The molecule has 0 aromatic carbocycles. The Kier molecular flexibility index (Phi) is 5.08. The molecule has 1 aliphatic rings. The van der Waals surface area contributed by atoms with Crippen LogP contribution in [-0.4, -0.2) is 25.9 Å². The van der Waals surface area contributed by atoms with Gasteiger partial charge in [0, 0.05) is 23.7 Å². The number of rotatable bonds is 4. The highest BCUT2D eigenvalue weighted by atomic mass is 16.2. The molecule has 3 rings (SSSR count). The van der Waals surface area contributed by atoms with Gasteiger partial charge in [0.25, 0.3) is 5.56 Å². The second kappa shape index (κ2) is 7.42. The maximum atomic E-state index is 12.1. The maximum Gasteiger partial charge on any atom is 0.267 e. The van der Waals surface area contributed by atoms with Gasteiger partial charge in [-0.3, -0.25) is 14.7 Å². The molecule has 2 heterocycles. The summed E-state index contributed by atoms with van der Waals surface area (Å²) in [5, 5.41) is 14.0. The minimum Gasteiger partial charge on any atom is -0.308 e. The van der Waals surface area contributed by atoms with E-state index in [1.54, 1.807) is 13.0 Å². The first-order chi connectivity index (χ1) is 11.6. The van der Waals surface area contributed by atoms with E-state index in [0.717, 1.165) is 23.2 Å². The van der Waals surface area contributed by atoms with Gasteiger partial charge < -0.3 is 5.32 Å². The van der Waals surface area contributed by atoms with Crippen molar-refractivity contribution in [1.82, 2.24) is 20.0 Å². The monoisotopic (exact) mass is 329 g/mol. The zero-order valence-electron chi connectivity index (χ0n) is 13.9. The predicted octanol–water partition coefficient (Wildman–Crippen LogP) is 2.35. The van der Waals surface area contributed by atoms with Crippen molar-refractivity contribution in [2.24, 2.45) is 0 Å². The van der Waals surface area contributed by atoms with Crippen LogP contribution < -0.4 is 10.9 Å². The second-order valence-corrected chi connectivity index (χ2v) is 6.42. The Morgan fingerprint density at radius 1 is 1.29 bits per heavy atom. The van der Waals surface area contributed by atoms with Gasteiger partial charge in [-0.1, -0.05) is 25.7 Å². The number of H-pyrrole nitrogens is 1. The molecule has 7 heteroatoms. The minimum absolute atomic E-state index is 0.119. The predicted molar refractivity (Wildman–Crippen MR) is 90.9 cm³/mol. The molecule has 2 N–H and O–H groups in total. The SMILES string of the molecule is Cc1ccc(=O)n(CC(=O)Nc2cc(C3CCCCCC3)[nH]n2)n1. The van der Waals surface area contributed by atoms with Crippen molar-refractivity contribution in [2.45, 2.75) is 57.9 Å². The molecule has 0 bridgehead atoms.